The van der Waals surface area contributed by atoms with Crippen LogP contribution >= 0.6 is 50.5 Å². The summed E-state index contributed by atoms with van der Waals surface area (Å²) in [7, 11) is -3.73. The van der Waals surface area contributed by atoms with E-state index in [4.69, 9.17) is 23.2 Å². The van der Waals surface area contributed by atoms with Crippen molar-refractivity contribution >= 4 is 66.4 Å². The molecule has 0 spiro atoms. The summed E-state index contributed by atoms with van der Waals surface area (Å²) in [4.78, 5) is 13.1. The molecule has 2 heterocycles. The van der Waals surface area contributed by atoms with Crippen molar-refractivity contribution in [3.63, 3.8) is 0 Å². The molecule has 0 bridgehead atoms. The molecule has 0 radical (unpaired) electrons. The molecule has 0 aliphatic carbocycles. The van der Waals surface area contributed by atoms with Crippen LogP contribution in [0.2, 0.25) is 8.67 Å². The molecule has 10 heteroatoms. The van der Waals surface area contributed by atoms with Gasteiger partial charge in [-0.15, -0.1) is 11.3 Å². The summed E-state index contributed by atoms with van der Waals surface area (Å²) in [5.41, 5.74) is 0. The Balaban J connectivity index is 2.30. The third-order valence-corrected chi connectivity index (χ3v) is 8.59. The maximum absolute atomic E-state index is 12.7. The molecule has 0 N–H and O–H groups in total. The number of hydrogen-bond acceptors (Lipinski definition) is 4. The zero-order chi connectivity index (χ0) is 15.8. The molecule has 21 heavy (non-hydrogen) atoms. The lowest BCUT2D eigenvalue weighted by molar-refractivity contribution is -0.128. The van der Waals surface area contributed by atoms with E-state index >= 15 is 0 Å². The van der Waals surface area contributed by atoms with Gasteiger partial charge < -0.3 is 4.90 Å². The maximum atomic E-state index is 12.7. The van der Waals surface area contributed by atoms with E-state index in [0.29, 0.717) is 34.9 Å². The summed E-state index contributed by atoms with van der Waals surface area (Å²) in [6.45, 7) is 3.01. The number of carbonyl (C=O) groups excluding carboxylic acids is 1. The molecule has 0 atom stereocenters. The standard InChI is InChI=1S/C11H13BrCl2N2O3S2/c1-7(17)15-3-2-4-16(6-5-15)21(18,19)9-8(12)10(13)20-11(9)14/h2-6H2,1H3. The molecule has 5 nitrogen and oxygen atoms in total. The Hall–Kier alpha value is 0.140. The fourth-order valence-corrected chi connectivity index (χ4v) is 7.09. The normalized spacial score (nSPS) is 17.8. The first-order valence-electron chi connectivity index (χ1n) is 6.14. The molecule has 1 aliphatic heterocycles. The minimum Gasteiger partial charge on any atom is -0.342 e. The zero-order valence-electron chi connectivity index (χ0n) is 11.1. The SMILES string of the molecule is CC(=O)N1CCCN(S(=O)(=O)c2c(Cl)sc(Cl)c2Br)CC1. The molecule has 1 aliphatic rings. The minimum absolute atomic E-state index is 0.00967. The van der Waals surface area contributed by atoms with Gasteiger partial charge >= 0.3 is 0 Å². The number of hydrogen-bond donors (Lipinski definition) is 0. The van der Waals surface area contributed by atoms with E-state index < -0.39 is 10.0 Å². The number of carbonyl (C=O) groups is 1. The number of amides is 1. The van der Waals surface area contributed by atoms with Crippen molar-refractivity contribution < 1.29 is 13.2 Å². The lowest BCUT2D eigenvalue weighted by Crippen LogP contribution is -2.36. The Morgan fingerprint density at radius 3 is 2.38 bits per heavy atom. The molecular formula is C11H13BrCl2N2O3S2. The highest BCUT2D eigenvalue weighted by atomic mass is 79.9. The van der Waals surface area contributed by atoms with Crippen LogP contribution in [0.15, 0.2) is 9.37 Å². The second-order valence-corrected chi connectivity index (χ2v) is 9.45. The molecule has 1 aromatic heterocycles. The van der Waals surface area contributed by atoms with Crippen LogP contribution in [-0.2, 0) is 14.8 Å². The molecule has 118 valence electrons. The van der Waals surface area contributed by atoms with Crippen molar-refractivity contribution in [2.45, 2.75) is 18.2 Å². The van der Waals surface area contributed by atoms with Gasteiger partial charge in [0.15, 0.2) is 0 Å². The van der Waals surface area contributed by atoms with Gasteiger partial charge in [-0.2, -0.15) is 4.31 Å². The van der Waals surface area contributed by atoms with Gasteiger partial charge in [-0.1, -0.05) is 23.2 Å². The molecule has 1 aromatic rings. The molecule has 1 amide bonds. The van der Waals surface area contributed by atoms with Gasteiger partial charge in [-0.25, -0.2) is 8.42 Å². The molecule has 0 aromatic carbocycles. The predicted molar refractivity (Wildman–Crippen MR) is 87.7 cm³/mol. The molecule has 0 saturated carbocycles. The van der Waals surface area contributed by atoms with E-state index in [2.05, 4.69) is 15.9 Å². The number of sulfonamides is 1. The highest BCUT2D eigenvalue weighted by Crippen LogP contribution is 2.44. The van der Waals surface area contributed by atoms with Gasteiger partial charge in [0.1, 0.15) is 13.6 Å². The van der Waals surface area contributed by atoms with Crippen LogP contribution in [0.1, 0.15) is 13.3 Å². The summed E-state index contributed by atoms with van der Waals surface area (Å²) in [5.74, 6) is -0.0490. The Morgan fingerprint density at radius 1 is 1.19 bits per heavy atom. The second-order valence-electron chi connectivity index (χ2n) is 4.56. The summed E-state index contributed by atoms with van der Waals surface area (Å²) in [6.07, 6.45) is 0.589. The van der Waals surface area contributed by atoms with Crippen molar-refractivity contribution in [3.8, 4) is 0 Å². The Labute approximate surface area is 146 Å². The number of rotatable bonds is 2. The van der Waals surface area contributed by atoms with E-state index in [1.54, 1.807) is 4.90 Å². The predicted octanol–water partition coefficient (Wildman–Crippen LogP) is 3.06. The molecule has 1 fully saturated rings. The molecule has 1 saturated heterocycles. The minimum atomic E-state index is -3.73. The van der Waals surface area contributed by atoms with Crippen LogP contribution in [0.3, 0.4) is 0 Å². The zero-order valence-corrected chi connectivity index (χ0v) is 15.8. The maximum Gasteiger partial charge on any atom is 0.246 e. The fraction of sp³-hybridized carbons (Fsp3) is 0.545. The first-order valence-corrected chi connectivity index (χ1v) is 9.94. The average molecular weight is 436 g/mol. The van der Waals surface area contributed by atoms with Gasteiger partial charge in [0, 0.05) is 33.1 Å². The van der Waals surface area contributed by atoms with E-state index in [1.807, 2.05) is 0 Å². The third-order valence-electron chi connectivity index (χ3n) is 3.23. The van der Waals surface area contributed by atoms with Gasteiger partial charge in [0.2, 0.25) is 15.9 Å². The van der Waals surface area contributed by atoms with Crippen molar-refractivity contribution in [3.05, 3.63) is 13.1 Å². The Morgan fingerprint density at radius 2 is 1.86 bits per heavy atom. The van der Waals surface area contributed by atoms with Crippen molar-refractivity contribution in [2.24, 2.45) is 0 Å². The number of nitrogens with zero attached hydrogens (tertiary/aromatic N) is 2. The van der Waals surface area contributed by atoms with Crippen LogP contribution in [-0.4, -0.2) is 49.7 Å². The summed E-state index contributed by atoms with van der Waals surface area (Å²) in [5, 5.41) is 0. The average Bonchev–Trinajstić information content (AvgIpc) is 2.59. The van der Waals surface area contributed by atoms with E-state index in [-0.39, 0.29) is 21.7 Å². The van der Waals surface area contributed by atoms with Crippen LogP contribution in [0.25, 0.3) is 0 Å². The van der Waals surface area contributed by atoms with Crippen LogP contribution in [0.5, 0.6) is 0 Å². The first-order chi connectivity index (χ1) is 9.75. The lowest BCUT2D eigenvalue weighted by atomic mass is 10.4. The Kier molecular flexibility index (Phi) is 5.60. The van der Waals surface area contributed by atoms with Crippen molar-refractivity contribution in [2.75, 3.05) is 26.2 Å². The molecule has 2 rings (SSSR count). The van der Waals surface area contributed by atoms with Crippen LogP contribution in [0, 0.1) is 0 Å². The van der Waals surface area contributed by atoms with Crippen molar-refractivity contribution in [1.29, 1.82) is 0 Å². The first kappa shape index (κ1) is 17.5. The van der Waals surface area contributed by atoms with E-state index in [1.165, 1.54) is 11.2 Å². The summed E-state index contributed by atoms with van der Waals surface area (Å²) >= 11 is 16.1. The second kappa shape index (κ2) is 6.72. The summed E-state index contributed by atoms with van der Waals surface area (Å²) in [6, 6.07) is 0. The number of halogens is 3. The quantitative estimate of drug-likeness (QED) is 0.717. The largest absolute Gasteiger partial charge is 0.342 e. The van der Waals surface area contributed by atoms with Gasteiger partial charge in [-0.3, -0.25) is 4.79 Å². The Bertz CT molecular complexity index is 663. The summed E-state index contributed by atoms with van der Waals surface area (Å²) < 4.78 is 27.5. The van der Waals surface area contributed by atoms with E-state index in [9.17, 15) is 13.2 Å². The van der Waals surface area contributed by atoms with Gasteiger partial charge in [0.05, 0.1) is 4.47 Å². The van der Waals surface area contributed by atoms with E-state index in [0.717, 1.165) is 11.3 Å². The van der Waals surface area contributed by atoms with Gasteiger partial charge in [0.25, 0.3) is 0 Å². The topological polar surface area (TPSA) is 57.7 Å². The van der Waals surface area contributed by atoms with Crippen LogP contribution < -0.4 is 0 Å². The monoisotopic (exact) mass is 434 g/mol. The smallest absolute Gasteiger partial charge is 0.246 e. The van der Waals surface area contributed by atoms with Gasteiger partial charge in [-0.05, 0) is 22.4 Å². The molecule has 0 unspecified atom stereocenters. The van der Waals surface area contributed by atoms with Crippen molar-refractivity contribution in [1.82, 2.24) is 9.21 Å². The third kappa shape index (κ3) is 3.56. The lowest BCUT2D eigenvalue weighted by Gasteiger charge is -2.21. The molecular weight excluding hydrogens is 423 g/mol. The highest BCUT2D eigenvalue weighted by molar-refractivity contribution is 9.10. The highest BCUT2D eigenvalue weighted by Gasteiger charge is 2.33. The van der Waals surface area contributed by atoms with Crippen LogP contribution in [0.4, 0.5) is 0 Å². The number of thiophene rings is 1. The fourth-order valence-electron chi connectivity index (χ4n) is 2.14.